The number of fused-ring (bicyclic) bond motifs is 5. The van der Waals surface area contributed by atoms with Gasteiger partial charge in [-0.15, -0.1) is 12.3 Å². The van der Waals surface area contributed by atoms with Crippen molar-refractivity contribution in [3.8, 4) is 12.3 Å². The molecule has 0 bridgehead atoms. The number of allylic oxidation sites excluding steroid dienone is 1. The van der Waals surface area contributed by atoms with E-state index in [2.05, 4.69) is 18.9 Å². The van der Waals surface area contributed by atoms with Gasteiger partial charge in [0.1, 0.15) is 0 Å². The summed E-state index contributed by atoms with van der Waals surface area (Å²) >= 11 is 0. The maximum Gasteiger partial charge on any atom is 0.0723 e. The highest BCUT2D eigenvalue weighted by atomic mass is 16.3. The first-order valence-corrected chi connectivity index (χ1v) is 8.98. The molecule has 3 unspecified atom stereocenters. The number of aliphatic hydroxyl groups excluding tert-OH is 1. The Hall–Kier alpha value is -0.740. The molecule has 7 atom stereocenters. The predicted octanol–water partition coefficient (Wildman–Crippen LogP) is 4.17. The number of terminal acetylenes is 1. The second-order valence-corrected chi connectivity index (χ2v) is 8.31. The summed E-state index contributed by atoms with van der Waals surface area (Å²) in [6, 6.07) is 0. The van der Waals surface area contributed by atoms with Gasteiger partial charge in [-0.25, -0.2) is 0 Å². The first kappa shape index (κ1) is 13.9. The van der Waals surface area contributed by atoms with Crippen molar-refractivity contribution in [2.75, 3.05) is 0 Å². The van der Waals surface area contributed by atoms with Crippen LogP contribution in [-0.2, 0) is 0 Å². The van der Waals surface area contributed by atoms with Crippen molar-refractivity contribution in [3.63, 3.8) is 0 Å². The number of hydrogen-bond donors (Lipinski definition) is 1. The molecule has 3 saturated carbocycles. The SMILES string of the molecule is C#C[C@H]1CCC2C3CCC4=C[C@@H](O)CC[C@@H]4C3CC[C@@]21C. The monoisotopic (exact) mass is 284 g/mol. The Balaban J connectivity index is 1.62. The fraction of sp³-hybridized carbons (Fsp3) is 0.800. The van der Waals surface area contributed by atoms with Gasteiger partial charge in [0.2, 0.25) is 0 Å². The van der Waals surface area contributed by atoms with Crippen molar-refractivity contribution in [3.05, 3.63) is 11.6 Å². The minimum atomic E-state index is -0.168. The van der Waals surface area contributed by atoms with Crippen molar-refractivity contribution in [2.24, 2.45) is 35.0 Å². The van der Waals surface area contributed by atoms with Crippen molar-refractivity contribution in [2.45, 2.75) is 64.4 Å². The second kappa shape index (κ2) is 4.88. The van der Waals surface area contributed by atoms with Gasteiger partial charge in [0.05, 0.1) is 6.10 Å². The lowest BCUT2D eigenvalue weighted by atomic mass is 9.51. The predicted molar refractivity (Wildman–Crippen MR) is 85.4 cm³/mol. The van der Waals surface area contributed by atoms with Crippen LogP contribution < -0.4 is 0 Å². The minimum Gasteiger partial charge on any atom is -0.389 e. The quantitative estimate of drug-likeness (QED) is 0.523. The first-order chi connectivity index (χ1) is 10.1. The van der Waals surface area contributed by atoms with Gasteiger partial charge in [0, 0.05) is 5.92 Å². The van der Waals surface area contributed by atoms with E-state index in [9.17, 15) is 5.11 Å². The summed E-state index contributed by atoms with van der Waals surface area (Å²) in [6.45, 7) is 2.49. The molecule has 0 radical (unpaired) electrons. The highest BCUT2D eigenvalue weighted by molar-refractivity contribution is 5.21. The van der Waals surface area contributed by atoms with Crippen LogP contribution in [-0.4, -0.2) is 11.2 Å². The van der Waals surface area contributed by atoms with Crippen LogP contribution in [0.1, 0.15) is 58.3 Å². The van der Waals surface area contributed by atoms with E-state index in [1.165, 1.54) is 44.9 Å². The van der Waals surface area contributed by atoms with E-state index in [4.69, 9.17) is 6.42 Å². The Morgan fingerprint density at radius 1 is 1.14 bits per heavy atom. The summed E-state index contributed by atoms with van der Waals surface area (Å²) in [5.41, 5.74) is 2.01. The van der Waals surface area contributed by atoms with Crippen molar-refractivity contribution in [1.29, 1.82) is 0 Å². The minimum absolute atomic E-state index is 0.168. The molecule has 0 aromatic carbocycles. The molecule has 21 heavy (non-hydrogen) atoms. The molecule has 0 aromatic rings. The van der Waals surface area contributed by atoms with Gasteiger partial charge in [-0.3, -0.25) is 0 Å². The summed E-state index contributed by atoms with van der Waals surface area (Å²) in [7, 11) is 0. The molecule has 4 aliphatic carbocycles. The van der Waals surface area contributed by atoms with Crippen molar-refractivity contribution < 1.29 is 5.11 Å². The molecule has 0 amide bonds. The average molecular weight is 284 g/mol. The van der Waals surface area contributed by atoms with Crippen LogP contribution in [0.5, 0.6) is 0 Å². The summed E-state index contributed by atoms with van der Waals surface area (Å²) < 4.78 is 0. The fourth-order valence-corrected chi connectivity index (χ4v) is 6.59. The smallest absolute Gasteiger partial charge is 0.0723 e. The lowest BCUT2D eigenvalue weighted by Crippen LogP contribution is -2.46. The summed E-state index contributed by atoms with van der Waals surface area (Å²) in [4.78, 5) is 0. The van der Waals surface area contributed by atoms with Gasteiger partial charge in [0.15, 0.2) is 0 Å². The molecule has 0 spiro atoms. The molecular formula is C20H28O. The van der Waals surface area contributed by atoms with Crippen LogP contribution in [0.4, 0.5) is 0 Å². The molecule has 0 aromatic heterocycles. The molecule has 4 aliphatic rings. The van der Waals surface area contributed by atoms with Gasteiger partial charge in [0.25, 0.3) is 0 Å². The summed E-state index contributed by atoms with van der Waals surface area (Å²) in [5, 5.41) is 9.90. The van der Waals surface area contributed by atoms with Crippen LogP contribution in [0.2, 0.25) is 0 Å². The molecule has 3 fully saturated rings. The molecule has 4 rings (SSSR count). The molecular weight excluding hydrogens is 256 g/mol. The summed E-state index contributed by atoms with van der Waals surface area (Å²) in [6.07, 6.45) is 17.9. The van der Waals surface area contributed by atoms with Gasteiger partial charge < -0.3 is 5.11 Å². The zero-order valence-electron chi connectivity index (χ0n) is 13.2. The third-order valence-electron chi connectivity index (χ3n) is 7.63. The molecule has 0 saturated heterocycles. The molecule has 0 aliphatic heterocycles. The standard InChI is InChI=1S/C20H28O/c1-3-14-5-9-19-18-7-4-13-12-15(21)6-8-16(13)17(18)10-11-20(14,19)2/h1,12,14-19,21H,4-11H2,2H3/t14-,15-,16-,17?,18?,19?,20+/m0/s1. The highest BCUT2D eigenvalue weighted by Crippen LogP contribution is 2.63. The Labute approximate surface area is 129 Å². The van der Waals surface area contributed by atoms with E-state index in [-0.39, 0.29) is 6.10 Å². The van der Waals surface area contributed by atoms with Crippen molar-refractivity contribution >= 4 is 0 Å². The third-order valence-corrected chi connectivity index (χ3v) is 7.63. The van der Waals surface area contributed by atoms with Crippen LogP contribution in [0.15, 0.2) is 11.6 Å². The van der Waals surface area contributed by atoms with Crippen LogP contribution >= 0.6 is 0 Å². The Morgan fingerprint density at radius 3 is 2.81 bits per heavy atom. The third kappa shape index (κ3) is 1.95. The average Bonchev–Trinajstić information content (AvgIpc) is 2.83. The lowest BCUT2D eigenvalue weighted by Gasteiger charge is -2.53. The Bertz CT molecular complexity index is 498. The van der Waals surface area contributed by atoms with Crippen LogP contribution in [0.25, 0.3) is 0 Å². The van der Waals surface area contributed by atoms with Crippen molar-refractivity contribution in [1.82, 2.24) is 0 Å². The second-order valence-electron chi connectivity index (χ2n) is 8.31. The first-order valence-electron chi connectivity index (χ1n) is 8.98. The maximum absolute atomic E-state index is 9.90. The number of aliphatic hydroxyl groups is 1. The van der Waals surface area contributed by atoms with E-state index in [1.807, 2.05) is 0 Å². The Morgan fingerprint density at radius 2 is 2.00 bits per heavy atom. The largest absolute Gasteiger partial charge is 0.389 e. The maximum atomic E-state index is 9.90. The van der Waals surface area contributed by atoms with E-state index in [1.54, 1.807) is 5.57 Å². The van der Waals surface area contributed by atoms with Gasteiger partial charge in [-0.05, 0) is 80.5 Å². The molecule has 0 heterocycles. The number of hydrogen-bond acceptors (Lipinski definition) is 1. The van der Waals surface area contributed by atoms with E-state index in [0.29, 0.717) is 11.3 Å². The van der Waals surface area contributed by atoms with Gasteiger partial charge in [-0.1, -0.05) is 18.6 Å². The molecule has 1 nitrogen and oxygen atoms in total. The molecule has 1 N–H and O–H groups in total. The topological polar surface area (TPSA) is 20.2 Å². The van der Waals surface area contributed by atoms with E-state index in [0.717, 1.165) is 30.1 Å². The van der Waals surface area contributed by atoms with Gasteiger partial charge in [-0.2, -0.15) is 0 Å². The van der Waals surface area contributed by atoms with Crippen LogP contribution in [0.3, 0.4) is 0 Å². The fourth-order valence-electron chi connectivity index (χ4n) is 6.59. The van der Waals surface area contributed by atoms with E-state index >= 15 is 0 Å². The van der Waals surface area contributed by atoms with Gasteiger partial charge >= 0.3 is 0 Å². The molecule has 114 valence electrons. The van der Waals surface area contributed by atoms with Crippen LogP contribution in [0, 0.1) is 47.3 Å². The number of rotatable bonds is 0. The lowest BCUT2D eigenvalue weighted by molar-refractivity contribution is -0.0153. The molecule has 1 heteroatoms. The highest BCUT2D eigenvalue weighted by Gasteiger charge is 2.55. The summed E-state index contributed by atoms with van der Waals surface area (Å²) in [5.74, 6) is 7.07. The Kier molecular flexibility index (Phi) is 3.23. The van der Waals surface area contributed by atoms with E-state index < -0.39 is 0 Å². The normalized spacial score (nSPS) is 52.1. The zero-order valence-corrected chi connectivity index (χ0v) is 13.2. The zero-order chi connectivity index (χ0) is 14.6.